The zero-order valence-corrected chi connectivity index (χ0v) is 9.33. The molecule has 0 amide bonds. The molecule has 0 aromatic carbocycles. The average molecular weight is 267 g/mol. The largest absolute Gasteiger partial charge is 0.361 e. The van der Waals surface area contributed by atoms with Crippen molar-refractivity contribution in [2.75, 3.05) is 7.11 Å². The Kier molecular flexibility index (Phi) is 3.53. The van der Waals surface area contributed by atoms with E-state index in [9.17, 15) is 0 Å². The predicted molar refractivity (Wildman–Crippen MR) is 52.4 cm³/mol. The molecule has 1 aromatic rings. The van der Waals surface area contributed by atoms with Crippen LogP contribution in [0.1, 0.15) is 11.0 Å². The lowest BCUT2D eigenvalue weighted by Gasteiger charge is -2.01. The summed E-state index contributed by atoms with van der Waals surface area (Å²) in [5.74, 6) is 0. The molecule has 0 N–H and O–H groups in total. The Bertz CT molecular complexity index is 300. The summed E-state index contributed by atoms with van der Waals surface area (Å²) < 4.78 is 6.37. The van der Waals surface area contributed by atoms with Gasteiger partial charge in [0, 0.05) is 11.6 Å². The Morgan fingerprint density at radius 2 is 2.50 bits per heavy atom. The molecular weight excluding hydrogens is 262 g/mol. The van der Waals surface area contributed by atoms with Gasteiger partial charge in [-0.25, -0.2) is 0 Å². The highest BCUT2D eigenvalue weighted by molar-refractivity contribution is 9.10. The quantitative estimate of drug-likeness (QED) is 0.822. The van der Waals surface area contributed by atoms with Gasteiger partial charge >= 0.3 is 0 Å². The normalized spacial score (nSPS) is 12.5. The van der Waals surface area contributed by atoms with Crippen molar-refractivity contribution < 1.29 is 4.74 Å². The molecule has 0 saturated carbocycles. The molecule has 1 unspecified atom stereocenters. The third kappa shape index (κ3) is 1.99. The monoisotopic (exact) mass is 265 g/mol. The molecule has 0 aliphatic carbocycles. The minimum atomic E-state index is -0.515. The molecule has 1 heterocycles. The van der Waals surface area contributed by atoms with Gasteiger partial charge in [0.25, 0.3) is 0 Å². The van der Waals surface area contributed by atoms with E-state index in [1.807, 2.05) is 6.07 Å². The maximum Gasteiger partial charge on any atom is 0.177 e. The SMILES string of the molecule is COC(C#N)c1cc(Br)c(Cl)s1. The number of methoxy groups -OCH3 is 1. The minimum Gasteiger partial charge on any atom is -0.361 e. The Morgan fingerprint density at radius 1 is 1.83 bits per heavy atom. The van der Waals surface area contributed by atoms with Crippen LogP contribution in [0.15, 0.2) is 10.5 Å². The van der Waals surface area contributed by atoms with E-state index >= 15 is 0 Å². The van der Waals surface area contributed by atoms with Crippen LogP contribution in [-0.2, 0) is 4.74 Å². The number of rotatable bonds is 2. The number of thiophene rings is 1. The Morgan fingerprint density at radius 3 is 2.83 bits per heavy atom. The highest BCUT2D eigenvalue weighted by Crippen LogP contribution is 2.35. The lowest BCUT2D eigenvalue weighted by atomic mass is 10.3. The van der Waals surface area contributed by atoms with Gasteiger partial charge in [-0.3, -0.25) is 0 Å². The Labute approximate surface area is 87.8 Å². The van der Waals surface area contributed by atoms with E-state index in [1.54, 1.807) is 6.07 Å². The molecule has 0 radical (unpaired) electrons. The number of halogens is 2. The molecule has 0 spiro atoms. The van der Waals surface area contributed by atoms with Crippen molar-refractivity contribution in [1.82, 2.24) is 0 Å². The van der Waals surface area contributed by atoms with Crippen LogP contribution < -0.4 is 0 Å². The minimum absolute atomic E-state index is 0.515. The topological polar surface area (TPSA) is 33.0 Å². The molecule has 1 rings (SSSR count). The summed E-state index contributed by atoms with van der Waals surface area (Å²) in [6.45, 7) is 0. The van der Waals surface area contributed by atoms with Gasteiger partial charge in [0.15, 0.2) is 6.10 Å². The molecule has 0 bridgehead atoms. The van der Waals surface area contributed by atoms with Gasteiger partial charge in [-0.15, -0.1) is 11.3 Å². The number of nitrogens with zero attached hydrogens (tertiary/aromatic N) is 1. The first-order chi connectivity index (χ1) is 5.69. The van der Waals surface area contributed by atoms with Gasteiger partial charge in [-0.05, 0) is 22.0 Å². The van der Waals surface area contributed by atoms with Gasteiger partial charge in [-0.1, -0.05) is 11.6 Å². The zero-order chi connectivity index (χ0) is 9.14. The van der Waals surface area contributed by atoms with Crippen LogP contribution in [-0.4, -0.2) is 7.11 Å². The van der Waals surface area contributed by atoms with Gasteiger partial charge in [0.2, 0.25) is 0 Å². The standard InChI is InChI=1S/C7H5BrClNOS/c1-11-5(3-10)6-2-4(8)7(9)12-6/h2,5H,1H3. The average Bonchev–Trinajstić information content (AvgIpc) is 2.35. The van der Waals surface area contributed by atoms with Crippen molar-refractivity contribution in [3.05, 3.63) is 19.8 Å². The summed E-state index contributed by atoms with van der Waals surface area (Å²) in [6, 6.07) is 3.81. The molecule has 1 aromatic heterocycles. The van der Waals surface area contributed by atoms with Crippen LogP contribution in [0.25, 0.3) is 0 Å². The zero-order valence-electron chi connectivity index (χ0n) is 6.17. The van der Waals surface area contributed by atoms with Crippen molar-refractivity contribution in [1.29, 1.82) is 5.26 Å². The molecule has 12 heavy (non-hydrogen) atoms. The van der Waals surface area contributed by atoms with Crippen molar-refractivity contribution in [3.63, 3.8) is 0 Å². The Balaban J connectivity index is 2.96. The van der Waals surface area contributed by atoms with Crippen molar-refractivity contribution in [2.45, 2.75) is 6.10 Å². The van der Waals surface area contributed by atoms with Gasteiger partial charge < -0.3 is 4.74 Å². The predicted octanol–water partition coefficient (Wildman–Crippen LogP) is 3.38. The summed E-state index contributed by atoms with van der Waals surface area (Å²) in [5.41, 5.74) is 0. The summed E-state index contributed by atoms with van der Waals surface area (Å²) in [6.07, 6.45) is -0.515. The van der Waals surface area contributed by atoms with Crippen LogP contribution in [0, 0.1) is 11.3 Å². The number of nitriles is 1. The van der Waals surface area contributed by atoms with E-state index in [-0.39, 0.29) is 0 Å². The molecule has 64 valence electrons. The third-order valence-electron chi connectivity index (χ3n) is 1.28. The summed E-state index contributed by atoms with van der Waals surface area (Å²) in [5, 5.41) is 8.65. The van der Waals surface area contributed by atoms with Gasteiger partial charge in [-0.2, -0.15) is 5.26 Å². The first-order valence-electron chi connectivity index (χ1n) is 3.06. The first kappa shape index (κ1) is 10.0. The molecule has 0 saturated heterocycles. The molecule has 0 aliphatic rings. The van der Waals surface area contributed by atoms with Crippen LogP contribution in [0.5, 0.6) is 0 Å². The van der Waals surface area contributed by atoms with Gasteiger partial charge in [0.05, 0.1) is 4.88 Å². The van der Waals surface area contributed by atoms with Crippen molar-refractivity contribution in [3.8, 4) is 6.07 Å². The maximum atomic E-state index is 8.65. The second-order valence-electron chi connectivity index (χ2n) is 2.02. The Hall–Kier alpha value is -0.0800. The summed E-state index contributed by atoms with van der Waals surface area (Å²) in [4.78, 5) is 0.817. The van der Waals surface area contributed by atoms with Crippen LogP contribution in [0.3, 0.4) is 0 Å². The fourth-order valence-corrected chi connectivity index (χ4v) is 2.48. The number of hydrogen-bond acceptors (Lipinski definition) is 3. The molecule has 2 nitrogen and oxygen atoms in total. The summed E-state index contributed by atoms with van der Waals surface area (Å²) >= 11 is 10.4. The van der Waals surface area contributed by atoms with E-state index < -0.39 is 6.10 Å². The third-order valence-corrected chi connectivity index (χ3v) is 3.79. The van der Waals surface area contributed by atoms with E-state index in [4.69, 9.17) is 21.6 Å². The van der Waals surface area contributed by atoms with Crippen LogP contribution >= 0.6 is 38.9 Å². The molecule has 0 fully saturated rings. The second kappa shape index (κ2) is 4.24. The van der Waals surface area contributed by atoms with E-state index in [2.05, 4.69) is 15.9 Å². The van der Waals surface area contributed by atoms with Crippen LogP contribution in [0.2, 0.25) is 4.34 Å². The van der Waals surface area contributed by atoms with Crippen molar-refractivity contribution in [2.24, 2.45) is 0 Å². The highest BCUT2D eigenvalue weighted by Gasteiger charge is 2.13. The fraction of sp³-hybridized carbons (Fsp3) is 0.286. The summed E-state index contributed by atoms with van der Waals surface area (Å²) in [7, 11) is 1.50. The fourth-order valence-electron chi connectivity index (χ4n) is 0.725. The lowest BCUT2D eigenvalue weighted by molar-refractivity contribution is 0.151. The molecule has 5 heteroatoms. The molecule has 1 atom stereocenters. The highest BCUT2D eigenvalue weighted by atomic mass is 79.9. The number of ether oxygens (including phenoxy) is 1. The van der Waals surface area contributed by atoms with Crippen molar-refractivity contribution >= 4 is 38.9 Å². The van der Waals surface area contributed by atoms with E-state index in [0.717, 1.165) is 9.35 Å². The van der Waals surface area contributed by atoms with E-state index in [1.165, 1.54) is 18.4 Å². The van der Waals surface area contributed by atoms with E-state index in [0.29, 0.717) is 4.34 Å². The smallest absolute Gasteiger partial charge is 0.177 e. The first-order valence-corrected chi connectivity index (χ1v) is 5.05. The second-order valence-corrected chi connectivity index (χ2v) is 4.56. The van der Waals surface area contributed by atoms with Gasteiger partial charge in [0.1, 0.15) is 10.4 Å². The number of hydrogen-bond donors (Lipinski definition) is 0. The maximum absolute atomic E-state index is 8.65. The van der Waals surface area contributed by atoms with Crippen LogP contribution in [0.4, 0.5) is 0 Å². The molecular formula is C7H5BrClNOS. The lowest BCUT2D eigenvalue weighted by Crippen LogP contribution is -1.93. The molecule has 0 aliphatic heterocycles.